The fraction of sp³-hybridized carbons (Fsp3) is 0.632. The Morgan fingerprint density at radius 2 is 2.00 bits per heavy atom. The number of ether oxygens (including phenoxy) is 1. The third kappa shape index (κ3) is 3.91. The van der Waals surface area contributed by atoms with E-state index < -0.39 is 11.7 Å². The van der Waals surface area contributed by atoms with Crippen molar-refractivity contribution in [2.75, 3.05) is 49.6 Å². The van der Waals surface area contributed by atoms with Gasteiger partial charge in [0.2, 0.25) is 5.91 Å². The number of nitrogens with one attached hydrogen (secondary N) is 1. The molecule has 3 aliphatic rings. The summed E-state index contributed by atoms with van der Waals surface area (Å²) in [6.07, 6.45) is -0.919. The van der Waals surface area contributed by atoms with Crippen molar-refractivity contribution in [3.05, 3.63) is 23.8 Å². The maximum absolute atomic E-state index is 13.1. The molecule has 2 saturated heterocycles. The van der Waals surface area contributed by atoms with Crippen LogP contribution in [0.2, 0.25) is 0 Å². The van der Waals surface area contributed by atoms with Gasteiger partial charge in [0.25, 0.3) is 0 Å². The molecule has 27 heavy (non-hydrogen) atoms. The molecule has 8 heteroatoms. The van der Waals surface area contributed by atoms with E-state index in [2.05, 4.69) is 10.2 Å². The van der Waals surface area contributed by atoms with Crippen LogP contribution in [0, 0.1) is 5.92 Å². The van der Waals surface area contributed by atoms with Crippen molar-refractivity contribution >= 4 is 17.3 Å². The number of carbonyl (C=O) groups is 1. The zero-order valence-corrected chi connectivity index (χ0v) is 15.1. The van der Waals surface area contributed by atoms with Crippen LogP contribution in [0.4, 0.5) is 24.5 Å². The molecule has 0 aromatic heterocycles. The van der Waals surface area contributed by atoms with E-state index in [4.69, 9.17) is 4.74 Å². The van der Waals surface area contributed by atoms with Crippen molar-refractivity contribution in [3.63, 3.8) is 0 Å². The molecule has 0 spiro atoms. The number of halogens is 3. The first kappa shape index (κ1) is 18.6. The van der Waals surface area contributed by atoms with Gasteiger partial charge in [-0.15, -0.1) is 0 Å². The molecule has 5 nitrogen and oxygen atoms in total. The van der Waals surface area contributed by atoms with Gasteiger partial charge in [-0.3, -0.25) is 9.69 Å². The van der Waals surface area contributed by atoms with Crippen LogP contribution in [0.1, 0.15) is 24.8 Å². The molecule has 2 aliphatic heterocycles. The van der Waals surface area contributed by atoms with Crippen molar-refractivity contribution < 1.29 is 22.7 Å². The van der Waals surface area contributed by atoms with Gasteiger partial charge in [-0.25, -0.2) is 0 Å². The number of alkyl halides is 3. The zero-order chi connectivity index (χ0) is 19.0. The highest BCUT2D eigenvalue weighted by Crippen LogP contribution is 2.39. The van der Waals surface area contributed by atoms with E-state index in [0.717, 1.165) is 25.1 Å². The predicted molar refractivity (Wildman–Crippen MR) is 95.8 cm³/mol. The lowest BCUT2D eigenvalue weighted by Crippen LogP contribution is -2.55. The van der Waals surface area contributed by atoms with E-state index >= 15 is 0 Å². The average Bonchev–Trinajstić information content (AvgIpc) is 3.00. The summed E-state index contributed by atoms with van der Waals surface area (Å²) in [5.41, 5.74) is 0.0804. The molecule has 1 aliphatic carbocycles. The lowest BCUT2D eigenvalue weighted by atomic mass is 9.92. The van der Waals surface area contributed by atoms with Crippen LogP contribution in [-0.2, 0) is 15.7 Å². The summed E-state index contributed by atoms with van der Waals surface area (Å²) in [5, 5.41) is 2.74. The molecule has 0 radical (unpaired) electrons. The van der Waals surface area contributed by atoms with Crippen LogP contribution < -0.4 is 10.2 Å². The van der Waals surface area contributed by atoms with Gasteiger partial charge in [0, 0.05) is 25.7 Å². The largest absolute Gasteiger partial charge is 0.416 e. The SMILES string of the molecule is O=C(CN1C[C@H]2CCC[C@@H]21)Nc1cc(C(F)(F)F)ccc1N1CCOCC1. The summed E-state index contributed by atoms with van der Waals surface area (Å²) in [4.78, 5) is 16.6. The highest BCUT2D eigenvalue weighted by molar-refractivity contribution is 5.96. The van der Waals surface area contributed by atoms with Crippen LogP contribution in [0.25, 0.3) is 0 Å². The Bertz CT molecular complexity index is 704. The van der Waals surface area contributed by atoms with Crippen molar-refractivity contribution in [1.82, 2.24) is 4.90 Å². The Hall–Kier alpha value is -1.80. The summed E-state index contributed by atoms with van der Waals surface area (Å²) < 4.78 is 44.8. The Kier molecular flexibility index (Phi) is 5.03. The predicted octanol–water partition coefficient (Wildman–Crippen LogP) is 2.96. The standard InChI is InChI=1S/C19H24F3N3O2/c20-19(21,22)14-4-5-17(24-6-8-27-9-7-24)15(10-14)23-18(26)12-25-11-13-2-1-3-16(13)25/h4-5,10,13,16H,1-3,6-9,11-12H2,(H,23,26)/t13-,16+/m1/s1. The maximum atomic E-state index is 13.1. The second-order valence-electron chi connectivity index (χ2n) is 7.57. The Morgan fingerprint density at radius 1 is 1.22 bits per heavy atom. The number of nitrogens with zero attached hydrogens (tertiary/aromatic N) is 2. The fourth-order valence-corrected chi connectivity index (χ4v) is 4.46. The number of fused-ring (bicyclic) bond motifs is 1. The first-order valence-corrected chi connectivity index (χ1v) is 9.49. The molecular weight excluding hydrogens is 359 g/mol. The second kappa shape index (κ2) is 7.31. The van der Waals surface area contributed by atoms with Crippen LogP contribution in [0.5, 0.6) is 0 Å². The Labute approximate surface area is 156 Å². The molecule has 1 aromatic carbocycles. The molecule has 1 saturated carbocycles. The highest BCUT2D eigenvalue weighted by Gasteiger charge is 2.42. The molecule has 1 N–H and O–H groups in total. The quantitative estimate of drug-likeness (QED) is 0.868. The maximum Gasteiger partial charge on any atom is 0.416 e. The van der Waals surface area contributed by atoms with E-state index in [1.165, 1.54) is 18.9 Å². The van der Waals surface area contributed by atoms with Gasteiger partial charge in [-0.2, -0.15) is 13.2 Å². The van der Waals surface area contributed by atoms with Gasteiger partial charge in [-0.05, 0) is 37.0 Å². The number of likely N-dealkylation sites (tertiary alicyclic amines) is 1. The number of morpholine rings is 1. The average molecular weight is 383 g/mol. The minimum absolute atomic E-state index is 0.222. The number of benzene rings is 1. The first-order chi connectivity index (χ1) is 12.9. The number of hydrogen-bond donors (Lipinski definition) is 1. The highest BCUT2D eigenvalue weighted by atomic mass is 19.4. The van der Waals surface area contributed by atoms with Crippen molar-refractivity contribution in [3.8, 4) is 0 Å². The zero-order valence-electron chi connectivity index (χ0n) is 15.1. The summed E-state index contributed by atoms with van der Waals surface area (Å²) >= 11 is 0. The summed E-state index contributed by atoms with van der Waals surface area (Å²) in [6.45, 7) is 3.36. The van der Waals surface area contributed by atoms with Gasteiger partial charge in [-0.1, -0.05) is 6.42 Å². The van der Waals surface area contributed by atoms with Gasteiger partial charge in [0.15, 0.2) is 0 Å². The summed E-state index contributed by atoms with van der Waals surface area (Å²) in [6, 6.07) is 4.02. The number of rotatable bonds is 4. The Morgan fingerprint density at radius 3 is 2.70 bits per heavy atom. The van der Waals surface area contributed by atoms with E-state index in [1.54, 1.807) is 0 Å². The first-order valence-electron chi connectivity index (χ1n) is 9.49. The molecule has 0 unspecified atom stereocenters. The number of anilines is 2. The topological polar surface area (TPSA) is 44.8 Å². The molecule has 2 atom stereocenters. The molecule has 1 amide bonds. The number of carbonyl (C=O) groups excluding carboxylic acids is 1. The normalized spacial score (nSPS) is 25.8. The monoisotopic (exact) mass is 383 g/mol. The summed E-state index contributed by atoms with van der Waals surface area (Å²) in [5.74, 6) is 0.435. The third-order valence-corrected chi connectivity index (χ3v) is 5.85. The van der Waals surface area contributed by atoms with Crippen LogP contribution in [-0.4, -0.2) is 56.2 Å². The molecular formula is C19H24F3N3O2. The molecule has 0 bridgehead atoms. The van der Waals surface area contributed by atoms with Gasteiger partial charge in [0.05, 0.1) is 36.7 Å². The Balaban J connectivity index is 1.50. The molecule has 148 valence electrons. The van der Waals surface area contributed by atoms with E-state index in [1.807, 2.05) is 4.90 Å². The van der Waals surface area contributed by atoms with E-state index in [9.17, 15) is 18.0 Å². The van der Waals surface area contributed by atoms with Crippen LogP contribution in [0.3, 0.4) is 0 Å². The van der Waals surface area contributed by atoms with E-state index in [-0.39, 0.29) is 18.1 Å². The van der Waals surface area contributed by atoms with Gasteiger partial charge < -0.3 is 15.0 Å². The fourth-order valence-electron chi connectivity index (χ4n) is 4.46. The number of hydrogen-bond acceptors (Lipinski definition) is 4. The third-order valence-electron chi connectivity index (χ3n) is 5.85. The molecule has 4 rings (SSSR count). The smallest absolute Gasteiger partial charge is 0.378 e. The minimum Gasteiger partial charge on any atom is -0.378 e. The minimum atomic E-state index is -4.45. The number of amides is 1. The van der Waals surface area contributed by atoms with Crippen LogP contribution in [0.15, 0.2) is 18.2 Å². The molecule has 1 aromatic rings. The second-order valence-corrected chi connectivity index (χ2v) is 7.57. The van der Waals surface area contributed by atoms with Crippen molar-refractivity contribution in [2.24, 2.45) is 5.92 Å². The molecule has 2 heterocycles. The van der Waals surface area contributed by atoms with Crippen molar-refractivity contribution in [1.29, 1.82) is 0 Å². The van der Waals surface area contributed by atoms with Crippen molar-refractivity contribution in [2.45, 2.75) is 31.5 Å². The molecule has 3 fully saturated rings. The summed E-state index contributed by atoms with van der Waals surface area (Å²) in [7, 11) is 0. The lowest BCUT2D eigenvalue weighted by Gasteiger charge is -2.44. The van der Waals surface area contributed by atoms with E-state index in [0.29, 0.717) is 44.0 Å². The lowest BCUT2D eigenvalue weighted by molar-refractivity contribution is -0.137. The van der Waals surface area contributed by atoms with Gasteiger partial charge >= 0.3 is 6.18 Å². The van der Waals surface area contributed by atoms with Crippen LogP contribution >= 0.6 is 0 Å². The van der Waals surface area contributed by atoms with Gasteiger partial charge in [0.1, 0.15) is 0 Å².